The highest BCUT2D eigenvalue weighted by Crippen LogP contribution is 2.35. The summed E-state index contributed by atoms with van der Waals surface area (Å²) >= 11 is 0. The summed E-state index contributed by atoms with van der Waals surface area (Å²) < 4.78 is 38.8. The second-order valence-electron chi connectivity index (χ2n) is 5.81. The molecule has 0 amide bonds. The fraction of sp³-hybridized carbons (Fsp3) is 0.533. The molecule has 1 fully saturated rings. The molecule has 0 aliphatic carbocycles. The topological polar surface area (TPSA) is 53.1 Å². The Morgan fingerprint density at radius 3 is 2.52 bits per heavy atom. The molecule has 6 heteroatoms. The Kier molecular flexibility index (Phi) is 4.16. The van der Waals surface area contributed by atoms with E-state index < -0.39 is 17.6 Å². The molecule has 1 saturated heterocycles. The summed E-state index contributed by atoms with van der Waals surface area (Å²) in [4.78, 5) is 2.09. The van der Waals surface area contributed by atoms with E-state index in [2.05, 4.69) is 18.7 Å². The van der Waals surface area contributed by atoms with Gasteiger partial charge in [0.2, 0.25) is 0 Å². The van der Waals surface area contributed by atoms with Gasteiger partial charge in [-0.1, -0.05) is 6.92 Å². The summed E-state index contributed by atoms with van der Waals surface area (Å²) in [5, 5.41) is 7.41. The molecule has 1 aliphatic heterocycles. The molecule has 1 aromatic rings. The van der Waals surface area contributed by atoms with E-state index in [1.165, 1.54) is 12.1 Å². The van der Waals surface area contributed by atoms with Crippen LogP contribution in [0.3, 0.4) is 0 Å². The van der Waals surface area contributed by atoms with Gasteiger partial charge in [0.15, 0.2) is 0 Å². The van der Waals surface area contributed by atoms with E-state index in [4.69, 9.17) is 11.1 Å². The van der Waals surface area contributed by atoms with Crippen LogP contribution in [-0.2, 0) is 6.18 Å². The Bertz CT molecular complexity index is 539. The predicted molar refractivity (Wildman–Crippen MR) is 77.7 cm³/mol. The second kappa shape index (κ2) is 5.58. The van der Waals surface area contributed by atoms with Gasteiger partial charge in [0.25, 0.3) is 0 Å². The van der Waals surface area contributed by atoms with Crippen LogP contribution >= 0.6 is 0 Å². The maximum Gasteiger partial charge on any atom is 0.417 e. The van der Waals surface area contributed by atoms with Crippen molar-refractivity contribution in [3.63, 3.8) is 0 Å². The molecule has 1 heterocycles. The van der Waals surface area contributed by atoms with Gasteiger partial charge in [-0.15, -0.1) is 0 Å². The number of nitrogens with one attached hydrogen (secondary N) is 1. The minimum atomic E-state index is -4.50. The zero-order chi connectivity index (χ0) is 15.8. The molecule has 3 nitrogen and oxygen atoms in total. The third-order valence-corrected chi connectivity index (χ3v) is 4.07. The molecular formula is C15H20F3N3. The first-order valence-electron chi connectivity index (χ1n) is 7.02. The first-order chi connectivity index (χ1) is 9.70. The highest BCUT2D eigenvalue weighted by Gasteiger charge is 2.34. The summed E-state index contributed by atoms with van der Waals surface area (Å²) in [5.41, 5.74) is 4.94. The Morgan fingerprint density at radius 2 is 2.00 bits per heavy atom. The minimum Gasteiger partial charge on any atom is -0.384 e. The lowest BCUT2D eigenvalue weighted by molar-refractivity contribution is -0.137. The van der Waals surface area contributed by atoms with Gasteiger partial charge in [-0.25, -0.2) is 0 Å². The number of nitrogens with two attached hydrogens (primary N) is 1. The van der Waals surface area contributed by atoms with Crippen LogP contribution in [0.2, 0.25) is 0 Å². The van der Waals surface area contributed by atoms with Crippen molar-refractivity contribution in [2.75, 3.05) is 11.4 Å². The van der Waals surface area contributed by atoms with Crippen molar-refractivity contribution in [2.24, 2.45) is 11.7 Å². The van der Waals surface area contributed by atoms with E-state index in [0.29, 0.717) is 11.6 Å². The quantitative estimate of drug-likeness (QED) is 0.647. The van der Waals surface area contributed by atoms with Gasteiger partial charge >= 0.3 is 6.18 Å². The number of amidine groups is 1. The number of hydrogen-bond donors (Lipinski definition) is 2. The van der Waals surface area contributed by atoms with Gasteiger partial charge in [0, 0.05) is 23.8 Å². The number of piperidine rings is 1. The number of hydrogen-bond acceptors (Lipinski definition) is 2. The molecule has 3 N–H and O–H groups in total. The molecule has 2 unspecified atom stereocenters. The normalized spacial score (nSPS) is 23.2. The molecule has 2 atom stereocenters. The third-order valence-electron chi connectivity index (χ3n) is 4.07. The van der Waals surface area contributed by atoms with E-state index in [0.717, 1.165) is 25.5 Å². The predicted octanol–water partition coefficient (Wildman–Crippen LogP) is 3.61. The molecule has 0 spiro atoms. The summed E-state index contributed by atoms with van der Waals surface area (Å²) in [7, 11) is 0. The Labute approximate surface area is 122 Å². The van der Waals surface area contributed by atoms with Crippen LogP contribution in [0.25, 0.3) is 0 Å². The van der Waals surface area contributed by atoms with E-state index in [1.54, 1.807) is 0 Å². The number of alkyl halides is 3. The molecule has 21 heavy (non-hydrogen) atoms. The number of halogens is 3. The van der Waals surface area contributed by atoms with E-state index in [9.17, 15) is 13.2 Å². The van der Waals surface area contributed by atoms with Gasteiger partial charge in [-0.05, 0) is 43.9 Å². The van der Waals surface area contributed by atoms with Crippen molar-refractivity contribution in [3.8, 4) is 0 Å². The lowest BCUT2D eigenvalue weighted by atomic mass is 9.92. The molecule has 0 aromatic heterocycles. The van der Waals surface area contributed by atoms with Gasteiger partial charge in [-0.3, -0.25) is 5.41 Å². The highest BCUT2D eigenvalue weighted by molar-refractivity contribution is 5.97. The zero-order valence-corrected chi connectivity index (χ0v) is 12.2. The van der Waals surface area contributed by atoms with Gasteiger partial charge in [0.1, 0.15) is 5.84 Å². The van der Waals surface area contributed by atoms with Crippen LogP contribution in [0.5, 0.6) is 0 Å². The Balaban J connectivity index is 2.39. The second-order valence-corrected chi connectivity index (χ2v) is 5.81. The lowest BCUT2D eigenvalue weighted by Crippen LogP contribution is -2.40. The third kappa shape index (κ3) is 3.31. The maximum absolute atomic E-state index is 12.9. The van der Waals surface area contributed by atoms with Gasteiger partial charge < -0.3 is 10.6 Å². The first-order valence-corrected chi connectivity index (χ1v) is 7.02. The molecule has 0 radical (unpaired) electrons. The van der Waals surface area contributed by atoms with Crippen LogP contribution in [-0.4, -0.2) is 18.4 Å². The molecule has 116 valence electrons. The highest BCUT2D eigenvalue weighted by atomic mass is 19.4. The number of rotatable bonds is 2. The summed E-state index contributed by atoms with van der Waals surface area (Å²) in [6, 6.07) is 4.15. The Morgan fingerprint density at radius 1 is 1.33 bits per heavy atom. The van der Waals surface area contributed by atoms with Crippen LogP contribution in [0.15, 0.2) is 18.2 Å². The average Bonchev–Trinajstić information content (AvgIpc) is 2.37. The van der Waals surface area contributed by atoms with Crippen molar-refractivity contribution < 1.29 is 13.2 Å². The van der Waals surface area contributed by atoms with Gasteiger partial charge in [0.05, 0.1) is 5.56 Å². The number of benzene rings is 1. The maximum atomic E-state index is 12.9. The van der Waals surface area contributed by atoms with Crippen molar-refractivity contribution in [1.82, 2.24) is 0 Å². The zero-order valence-electron chi connectivity index (χ0n) is 12.2. The van der Waals surface area contributed by atoms with Gasteiger partial charge in [-0.2, -0.15) is 13.2 Å². The van der Waals surface area contributed by atoms with Crippen LogP contribution < -0.4 is 10.6 Å². The monoisotopic (exact) mass is 299 g/mol. The molecule has 1 aliphatic rings. The first kappa shape index (κ1) is 15.7. The largest absolute Gasteiger partial charge is 0.417 e. The SMILES string of the molecule is CC1CCN(c2ccc(C(F)(F)F)c(C(=N)N)c2)C(C)C1. The van der Waals surface area contributed by atoms with E-state index in [1.807, 2.05) is 0 Å². The van der Waals surface area contributed by atoms with E-state index in [-0.39, 0.29) is 11.6 Å². The molecule has 0 bridgehead atoms. The standard InChI is InChI=1S/C15H20F3N3/c1-9-5-6-21(10(2)7-9)11-3-4-13(15(16,17)18)12(8-11)14(19)20/h3-4,8-10H,5-7H2,1-2H3,(H3,19,20). The minimum absolute atomic E-state index is 0.245. The van der Waals surface area contributed by atoms with E-state index >= 15 is 0 Å². The Hall–Kier alpha value is -1.72. The van der Waals surface area contributed by atoms with Crippen molar-refractivity contribution in [2.45, 2.75) is 38.9 Å². The molecule has 1 aromatic carbocycles. The summed E-state index contributed by atoms with van der Waals surface area (Å²) in [6.45, 7) is 5.06. The molecule has 0 saturated carbocycles. The van der Waals surface area contributed by atoms with Crippen LogP contribution in [0, 0.1) is 11.3 Å². The summed E-state index contributed by atoms with van der Waals surface area (Å²) in [6.07, 6.45) is -2.47. The van der Waals surface area contributed by atoms with Crippen molar-refractivity contribution in [1.29, 1.82) is 5.41 Å². The lowest BCUT2D eigenvalue weighted by Gasteiger charge is -2.38. The smallest absolute Gasteiger partial charge is 0.384 e. The number of nitrogens with zero attached hydrogens (tertiary/aromatic N) is 1. The average molecular weight is 299 g/mol. The van der Waals surface area contributed by atoms with Crippen molar-refractivity contribution >= 4 is 11.5 Å². The number of anilines is 1. The summed E-state index contributed by atoms with van der Waals surface area (Å²) in [5.74, 6) is 0.0696. The van der Waals surface area contributed by atoms with Crippen molar-refractivity contribution in [3.05, 3.63) is 29.3 Å². The van der Waals surface area contributed by atoms with Crippen LogP contribution in [0.1, 0.15) is 37.8 Å². The fourth-order valence-corrected chi connectivity index (χ4v) is 2.97. The van der Waals surface area contributed by atoms with Crippen LogP contribution in [0.4, 0.5) is 18.9 Å². The fourth-order valence-electron chi connectivity index (χ4n) is 2.97. The number of nitrogen functional groups attached to an aromatic ring is 1. The molecule has 2 rings (SSSR count). The molecular weight excluding hydrogens is 279 g/mol.